The van der Waals surface area contributed by atoms with Gasteiger partial charge in [-0.15, -0.1) is 0 Å². The lowest BCUT2D eigenvalue weighted by Crippen LogP contribution is -2.13. The third-order valence-corrected chi connectivity index (χ3v) is 4.02. The number of nitrogens with two attached hydrogens (primary N) is 1. The van der Waals surface area contributed by atoms with Crippen LogP contribution in [-0.2, 0) is 0 Å². The second kappa shape index (κ2) is 5.23. The quantitative estimate of drug-likeness (QED) is 0.763. The Morgan fingerprint density at radius 1 is 1.10 bits per heavy atom. The van der Waals surface area contributed by atoms with Gasteiger partial charge in [0.25, 0.3) is 0 Å². The highest BCUT2D eigenvalue weighted by atomic mass is 35.5. The molecule has 3 aromatic rings. The molecule has 100 valence electrons. The van der Waals surface area contributed by atoms with E-state index in [-0.39, 0.29) is 6.04 Å². The van der Waals surface area contributed by atoms with Gasteiger partial charge in [0.05, 0.1) is 11.6 Å². The Hall–Kier alpha value is -1.90. The Labute approximate surface area is 123 Å². The summed E-state index contributed by atoms with van der Waals surface area (Å²) in [5, 5.41) is 1.84. The number of hydrogen-bond acceptors (Lipinski definition) is 2. The maximum Gasteiger partial charge on any atom is 0.0702 e. The molecule has 3 rings (SSSR count). The molecule has 3 heteroatoms. The number of pyridine rings is 1. The highest BCUT2D eigenvalue weighted by Crippen LogP contribution is 2.28. The van der Waals surface area contributed by atoms with E-state index in [1.165, 1.54) is 0 Å². The van der Waals surface area contributed by atoms with Crippen molar-refractivity contribution in [1.82, 2.24) is 4.98 Å². The van der Waals surface area contributed by atoms with Gasteiger partial charge in [0, 0.05) is 16.6 Å². The van der Waals surface area contributed by atoms with Crippen molar-refractivity contribution in [3.05, 3.63) is 76.4 Å². The number of benzene rings is 2. The van der Waals surface area contributed by atoms with E-state index in [1.807, 2.05) is 55.6 Å². The van der Waals surface area contributed by atoms with Crippen molar-refractivity contribution in [3.8, 4) is 0 Å². The number of fused-ring (bicyclic) bond motifs is 1. The molecule has 1 aromatic heterocycles. The molecule has 0 aliphatic rings. The first-order chi connectivity index (χ1) is 9.66. The third kappa shape index (κ3) is 2.28. The van der Waals surface area contributed by atoms with Crippen molar-refractivity contribution in [3.63, 3.8) is 0 Å². The van der Waals surface area contributed by atoms with Crippen molar-refractivity contribution in [2.45, 2.75) is 13.0 Å². The number of nitrogens with zero attached hydrogens (tertiary/aromatic N) is 1. The third-order valence-electron chi connectivity index (χ3n) is 3.62. The molecule has 0 aliphatic carbocycles. The Morgan fingerprint density at radius 3 is 2.75 bits per heavy atom. The Balaban J connectivity index is 2.08. The summed E-state index contributed by atoms with van der Waals surface area (Å²) in [5.41, 5.74) is 10.4. The summed E-state index contributed by atoms with van der Waals surface area (Å²) >= 11 is 6.17. The molecule has 2 N–H and O–H groups in total. The first kappa shape index (κ1) is 13.1. The molecule has 1 atom stereocenters. The van der Waals surface area contributed by atoms with Crippen molar-refractivity contribution in [2.24, 2.45) is 5.73 Å². The van der Waals surface area contributed by atoms with Crippen LogP contribution in [0.2, 0.25) is 5.02 Å². The summed E-state index contributed by atoms with van der Waals surface area (Å²) in [6.07, 6.45) is 1.84. The van der Waals surface area contributed by atoms with Crippen molar-refractivity contribution >= 4 is 22.5 Å². The Morgan fingerprint density at radius 2 is 1.90 bits per heavy atom. The average Bonchev–Trinajstić information content (AvgIpc) is 2.49. The SMILES string of the molecule is Cc1c(Cl)cccc1C(N)c1cnc2ccccc2c1. The van der Waals surface area contributed by atoms with E-state index in [0.717, 1.165) is 32.6 Å². The molecule has 0 amide bonds. The Kier molecular flexibility index (Phi) is 3.43. The minimum Gasteiger partial charge on any atom is -0.320 e. The lowest BCUT2D eigenvalue weighted by atomic mass is 9.96. The minimum atomic E-state index is -0.217. The van der Waals surface area contributed by atoms with Crippen molar-refractivity contribution < 1.29 is 0 Å². The van der Waals surface area contributed by atoms with Gasteiger partial charge in [-0.2, -0.15) is 0 Å². The maximum atomic E-state index is 6.38. The fourth-order valence-electron chi connectivity index (χ4n) is 2.40. The number of halogens is 1. The second-order valence-corrected chi connectivity index (χ2v) is 5.30. The zero-order chi connectivity index (χ0) is 14.1. The van der Waals surface area contributed by atoms with Crippen LogP contribution in [0.25, 0.3) is 10.9 Å². The molecule has 0 aliphatic heterocycles. The van der Waals surface area contributed by atoms with E-state index in [4.69, 9.17) is 17.3 Å². The molecule has 0 saturated carbocycles. The van der Waals surface area contributed by atoms with Gasteiger partial charge in [0.15, 0.2) is 0 Å². The van der Waals surface area contributed by atoms with Crippen molar-refractivity contribution in [2.75, 3.05) is 0 Å². The van der Waals surface area contributed by atoms with Gasteiger partial charge in [0.1, 0.15) is 0 Å². The van der Waals surface area contributed by atoms with Gasteiger partial charge in [-0.05, 0) is 41.8 Å². The van der Waals surface area contributed by atoms with E-state index in [2.05, 4.69) is 11.1 Å². The second-order valence-electron chi connectivity index (χ2n) is 4.89. The van der Waals surface area contributed by atoms with Crippen LogP contribution in [0.5, 0.6) is 0 Å². The molecule has 0 fully saturated rings. The van der Waals surface area contributed by atoms with Gasteiger partial charge < -0.3 is 5.73 Å². The number of para-hydroxylation sites is 1. The van der Waals surface area contributed by atoms with Crippen LogP contribution in [0.3, 0.4) is 0 Å². The maximum absolute atomic E-state index is 6.38. The van der Waals surface area contributed by atoms with E-state index in [9.17, 15) is 0 Å². The average molecular weight is 283 g/mol. The van der Waals surface area contributed by atoms with Gasteiger partial charge in [0.2, 0.25) is 0 Å². The monoisotopic (exact) mass is 282 g/mol. The minimum absolute atomic E-state index is 0.217. The molecular weight excluding hydrogens is 268 g/mol. The largest absolute Gasteiger partial charge is 0.320 e. The predicted octanol–water partition coefficient (Wildman–Crippen LogP) is 4.24. The fraction of sp³-hybridized carbons (Fsp3) is 0.118. The smallest absolute Gasteiger partial charge is 0.0702 e. The molecule has 1 heterocycles. The van der Waals surface area contributed by atoms with Gasteiger partial charge in [-0.25, -0.2) is 0 Å². The zero-order valence-electron chi connectivity index (χ0n) is 11.2. The lowest BCUT2D eigenvalue weighted by molar-refractivity contribution is 0.857. The summed E-state index contributed by atoms with van der Waals surface area (Å²) in [6, 6.07) is 15.7. The van der Waals surface area contributed by atoms with Crippen LogP contribution in [-0.4, -0.2) is 4.98 Å². The summed E-state index contributed by atoms with van der Waals surface area (Å²) in [6.45, 7) is 1.99. The molecule has 0 saturated heterocycles. The fourth-order valence-corrected chi connectivity index (χ4v) is 2.58. The normalized spacial score (nSPS) is 12.6. The number of aromatic nitrogens is 1. The van der Waals surface area contributed by atoms with Crippen molar-refractivity contribution in [1.29, 1.82) is 0 Å². The number of rotatable bonds is 2. The summed E-state index contributed by atoms with van der Waals surface area (Å²) in [7, 11) is 0. The van der Waals surface area contributed by atoms with Crippen LogP contribution in [0.15, 0.2) is 54.7 Å². The lowest BCUT2D eigenvalue weighted by Gasteiger charge is -2.16. The molecule has 1 unspecified atom stereocenters. The van der Waals surface area contributed by atoms with Crippen LogP contribution in [0, 0.1) is 6.92 Å². The Bertz CT molecular complexity index is 768. The first-order valence-corrected chi connectivity index (χ1v) is 6.90. The molecule has 0 radical (unpaired) electrons. The highest BCUT2D eigenvalue weighted by molar-refractivity contribution is 6.31. The molecule has 0 bridgehead atoms. The summed E-state index contributed by atoms with van der Waals surface area (Å²) in [4.78, 5) is 4.47. The number of hydrogen-bond donors (Lipinski definition) is 1. The zero-order valence-corrected chi connectivity index (χ0v) is 11.9. The van der Waals surface area contributed by atoms with Gasteiger partial charge in [-0.1, -0.05) is 41.9 Å². The van der Waals surface area contributed by atoms with Crippen LogP contribution < -0.4 is 5.73 Å². The van der Waals surface area contributed by atoms with Gasteiger partial charge in [-0.3, -0.25) is 4.98 Å². The first-order valence-electron chi connectivity index (χ1n) is 6.52. The molecule has 2 aromatic carbocycles. The van der Waals surface area contributed by atoms with E-state index in [0.29, 0.717) is 0 Å². The molecule has 0 spiro atoms. The highest BCUT2D eigenvalue weighted by Gasteiger charge is 2.13. The van der Waals surface area contributed by atoms with E-state index >= 15 is 0 Å². The van der Waals surface area contributed by atoms with Crippen LogP contribution in [0.4, 0.5) is 0 Å². The summed E-state index contributed by atoms with van der Waals surface area (Å²) < 4.78 is 0. The molecule has 20 heavy (non-hydrogen) atoms. The standard InChI is InChI=1S/C17H15ClN2/c1-11-14(6-4-7-15(11)18)17(19)13-9-12-5-2-3-8-16(12)20-10-13/h2-10,17H,19H2,1H3. The summed E-state index contributed by atoms with van der Waals surface area (Å²) in [5.74, 6) is 0. The molecule has 2 nitrogen and oxygen atoms in total. The van der Waals surface area contributed by atoms with E-state index < -0.39 is 0 Å². The predicted molar refractivity (Wildman–Crippen MR) is 84.0 cm³/mol. The molecular formula is C17H15ClN2. The topological polar surface area (TPSA) is 38.9 Å². The van der Waals surface area contributed by atoms with E-state index in [1.54, 1.807) is 0 Å². The van der Waals surface area contributed by atoms with Gasteiger partial charge >= 0.3 is 0 Å². The van der Waals surface area contributed by atoms with Crippen LogP contribution in [0.1, 0.15) is 22.7 Å². The van der Waals surface area contributed by atoms with Crippen LogP contribution >= 0.6 is 11.6 Å².